The van der Waals surface area contributed by atoms with Crippen molar-refractivity contribution in [3.63, 3.8) is 0 Å². The van der Waals surface area contributed by atoms with Crippen molar-refractivity contribution in [2.75, 3.05) is 38.2 Å². The van der Waals surface area contributed by atoms with Crippen molar-refractivity contribution < 1.29 is 14.3 Å². The third-order valence-corrected chi connectivity index (χ3v) is 7.99. The molecule has 168 valence electrons. The van der Waals surface area contributed by atoms with Gasteiger partial charge >= 0.3 is 0 Å². The molecule has 3 heterocycles. The predicted octanol–water partition coefficient (Wildman–Crippen LogP) is 3.83. The molecule has 0 unspecified atom stereocenters. The highest BCUT2D eigenvalue weighted by Crippen LogP contribution is 2.42. The van der Waals surface area contributed by atoms with Gasteiger partial charge in [0.2, 0.25) is 11.8 Å². The van der Waals surface area contributed by atoms with Crippen LogP contribution in [0.25, 0.3) is 0 Å². The lowest BCUT2D eigenvalue weighted by atomic mass is 9.91. The van der Waals surface area contributed by atoms with Crippen LogP contribution in [-0.4, -0.2) is 55.7 Å². The molecule has 0 radical (unpaired) electrons. The summed E-state index contributed by atoms with van der Waals surface area (Å²) in [6, 6.07) is 7.88. The van der Waals surface area contributed by atoms with E-state index in [-0.39, 0.29) is 24.9 Å². The number of ether oxygens (including phenoxy) is 1. The van der Waals surface area contributed by atoms with Crippen molar-refractivity contribution in [2.24, 2.45) is 4.99 Å². The summed E-state index contributed by atoms with van der Waals surface area (Å²) >= 11 is 1.69. The number of hydrogen-bond donors (Lipinski definition) is 0. The molecule has 0 bridgehead atoms. The van der Waals surface area contributed by atoms with E-state index >= 15 is 0 Å². The van der Waals surface area contributed by atoms with Gasteiger partial charge in [0.05, 0.1) is 12.8 Å². The van der Waals surface area contributed by atoms with E-state index in [4.69, 9.17) is 9.73 Å². The number of nitrogens with zero attached hydrogens (tertiary/aromatic N) is 3. The largest absolute Gasteiger partial charge is 0.497 e. The Kier molecular flexibility index (Phi) is 6.00. The summed E-state index contributed by atoms with van der Waals surface area (Å²) in [4.78, 5) is 36.1. The van der Waals surface area contributed by atoms with Gasteiger partial charge in [-0.25, -0.2) is 0 Å². The standard InChI is InChI=1S/C25H29N3O3S/c1-31-18-11-9-17(10-12-18)24-23-19-7-3-4-8-20(19)32-25(23)28(21(29)15-26-24)16-22(30)27-13-5-2-6-14-27/h9-12H,2-8,13-16H2,1H3. The van der Waals surface area contributed by atoms with Crippen LogP contribution in [0, 0.1) is 0 Å². The third kappa shape index (κ3) is 3.94. The minimum absolute atomic E-state index is 0.0447. The molecule has 6 nitrogen and oxygen atoms in total. The Morgan fingerprint density at radius 2 is 1.81 bits per heavy atom. The molecule has 1 aliphatic carbocycles. The molecule has 7 heteroatoms. The molecule has 1 aromatic carbocycles. The van der Waals surface area contributed by atoms with Crippen molar-refractivity contribution in [1.82, 2.24) is 4.90 Å². The summed E-state index contributed by atoms with van der Waals surface area (Å²) < 4.78 is 5.32. The smallest absolute Gasteiger partial charge is 0.249 e. The molecule has 1 fully saturated rings. The van der Waals surface area contributed by atoms with E-state index in [1.807, 2.05) is 29.2 Å². The van der Waals surface area contributed by atoms with E-state index in [0.717, 1.165) is 72.8 Å². The second kappa shape index (κ2) is 9.06. The van der Waals surface area contributed by atoms with Gasteiger partial charge in [0.1, 0.15) is 23.8 Å². The van der Waals surface area contributed by atoms with Crippen molar-refractivity contribution in [1.29, 1.82) is 0 Å². The second-order valence-electron chi connectivity index (χ2n) is 8.71. The van der Waals surface area contributed by atoms with Crippen LogP contribution in [0.2, 0.25) is 0 Å². The van der Waals surface area contributed by atoms with Gasteiger partial charge in [0.15, 0.2) is 0 Å². The van der Waals surface area contributed by atoms with E-state index in [9.17, 15) is 9.59 Å². The summed E-state index contributed by atoms with van der Waals surface area (Å²) in [7, 11) is 1.65. The zero-order valence-electron chi connectivity index (χ0n) is 18.6. The Hall–Kier alpha value is -2.67. The van der Waals surface area contributed by atoms with Crippen LogP contribution >= 0.6 is 11.3 Å². The Labute approximate surface area is 192 Å². The average molecular weight is 452 g/mol. The first-order valence-corrected chi connectivity index (χ1v) is 12.4. The Bertz CT molecular complexity index is 1050. The van der Waals surface area contributed by atoms with E-state index in [1.165, 1.54) is 23.3 Å². The van der Waals surface area contributed by atoms with E-state index < -0.39 is 0 Å². The van der Waals surface area contributed by atoms with Crippen LogP contribution in [0.3, 0.4) is 0 Å². The molecule has 2 aliphatic heterocycles. The normalized spacial score (nSPS) is 18.5. The van der Waals surface area contributed by atoms with Gasteiger partial charge in [-0.3, -0.25) is 19.5 Å². The lowest BCUT2D eigenvalue weighted by Gasteiger charge is -2.29. The zero-order chi connectivity index (χ0) is 22.1. The summed E-state index contributed by atoms with van der Waals surface area (Å²) in [6.45, 7) is 1.76. The van der Waals surface area contributed by atoms with Gasteiger partial charge < -0.3 is 9.64 Å². The molecule has 1 aromatic heterocycles. The number of thiophene rings is 1. The fourth-order valence-electron chi connectivity index (χ4n) is 4.93. The zero-order valence-corrected chi connectivity index (χ0v) is 19.4. The predicted molar refractivity (Wildman–Crippen MR) is 127 cm³/mol. The number of fused-ring (bicyclic) bond motifs is 3. The average Bonchev–Trinajstić information content (AvgIpc) is 3.16. The summed E-state index contributed by atoms with van der Waals surface area (Å²) in [5.41, 5.74) is 4.22. The van der Waals surface area contributed by atoms with Crippen LogP contribution in [0.4, 0.5) is 5.00 Å². The maximum atomic E-state index is 13.2. The van der Waals surface area contributed by atoms with Crippen LogP contribution in [-0.2, 0) is 22.4 Å². The first-order valence-electron chi connectivity index (χ1n) is 11.6. The molecule has 1 saturated heterocycles. The molecule has 2 amide bonds. The molecule has 0 atom stereocenters. The SMILES string of the molecule is COc1ccc(C2=NCC(=O)N(CC(=O)N3CCCCC3)c3sc4c(c32)CCCC4)cc1. The molecular formula is C25H29N3O3S. The Morgan fingerprint density at radius 1 is 1.06 bits per heavy atom. The van der Waals surface area contributed by atoms with Crippen LogP contribution in [0.5, 0.6) is 5.75 Å². The molecule has 3 aliphatic rings. The summed E-state index contributed by atoms with van der Waals surface area (Å²) in [6.07, 6.45) is 7.61. The number of methoxy groups -OCH3 is 1. The topological polar surface area (TPSA) is 62.2 Å². The number of rotatable bonds is 4. The fourth-order valence-corrected chi connectivity index (χ4v) is 6.34. The second-order valence-corrected chi connectivity index (χ2v) is 9.79. The number of carbonyl (C=O) groups excluding carboxylic acids is 2. The number of aryl methyl sites for hydroxylation is 1. The number of benzene rings is 1. The monoisotopic (exact) mass is 451 g/mol. The van der Waals surface area contributed by atoms with E-state index in [2.05, 4.69) is 0 Å². The van der Waals surface area contributed by atoms with Gasteiger partial charge in [-0.05, 0) is 74.8 Å². The number of hydrogen-bond acceptors (Lipinski definition) is 5. The highest BCUT2D eigenvalue weighted by atomic mass is 32.1. The summed E-state index contributed by atoms with van der Waals surface area (Å²) in [5, 5.41) is 0.902. The molecule has 5 rings (SSSR count). The summed E-state index contributed by atoms with van der Waals surface area (Å²) in [5.74, 6) is 0.738. The number of amides is 2. The molecule has 0 spiro atoms. The van der Waals surface area contributed by atoms with Crippen LogP contribution in [0.15, 0.2) is 29.3 Å². The molecule has 32 heavy (non-hydrogen) atoms. The minimum Gasteiger partial charge on any atom is -0.497 e. The number of anilines is 1. The number of carbonyl (C=O) groups is 2. The lowest BCUT2D eigenvalue weighted by molar-refractivity contribution is -0.132. The molecule has 2 aromatic rings. The van der Waals surface area contributed by atoms with E-state index in [1.54, 1.807) is 23.3 Å². The highest BCUT2D eigenvalue weighted by Gasteiger charge is 2.34. The lowest BCUT2D eigenvalue weighted by Crippen LogP contribution is -2.45. The van der Waals surface area contributed by atoms with Crippen molar-refractivity contribution in [3.8, 4) is 5.75 Å². The quantitative estimate of drug-likeness (QED) is 0.710. The Balaban J connectivity index is 1.55. The number of aliphatic imine (C=N–C) groups is 1. The molecular weight excluding hydrogens is 422 g/mol. The van der Waals surface area contributed by atoms with Crippen LogP contribution in [0.1, 0.15) is 53.7 Å². The van der Waals surface area contributed by atoms with Gasteiger partial charge in [0, 0.05) is 29.1 Å². The van der Waals surface area contributed by atoms with Crippen molar-refractivity contribution in [3.05, 3.63) is 45.8 Å². The van der Waals surface area contributed by atoms with Gasteiger partial charge in [0.25, 0.3) is 0 Å². The van der Waals surface area contributed by atoms with Crippen molar-refractivity contribution in [2.45, 2.75) is 44.9 Å². The van der Waals surface area contributed by atoms with E-state index in [0.29, 0.717) is 0 Å². The van der Waals surface area contributed by atoms with Crippen LogP contribution < -0.4 is 9.64 Å². The molecule has 0 N–H and O–H groups in total. The Morgan fingerprint density at radius 3 is 2.56 bits per heavy atom. The first-order chi connectivity index (χ1) is 15.7. The third-order valence-electron chi connectivity index (χ3n) is 6.67. The molecule has 0 saturated carbocycles. The fraction of sp³-hybridized carbons (Fsp3) is 0.480. The maximum absolute atomic E-state index is 13.2. The van der Waals surface area contributed by atoms with Crippen molar-refractivity contribution >= 4 is 33.9 Å². The number of likely N-dealkylation sites (tertiary alicyclic amines) is 1. The van der Waals surface area contributed by atoms with Gasteiger partial charge in [-0.1, -0.05) is 0 Å². The number of piperidine rings is 1. The van der Waals surface area contributed by atoms with Gasteiger partial charge in [-0.2, -0.15) is 0 Å². The maximum Gasteiger partial charge on any atom is 0.249 e. The minimum atomic E-state index is -0.0984. The van der Waals surface area contributed by atoms with Gasteiger partial charge in [-0.15, -0.1) is 11.3 Å². The first kappa shape index (κ1) is 21.2. The highest BCUT2D eigenvalue weighted by molar-refractivity contribution is 7.17.